The van der Waals surface area contributed by atoms with Crippen molar-refractivity contribution in [2.45, 2.75) is 6.92 Å². The lowest BCUT2D eigenvalue weighted by atomic mass is 10.3. The highest BCUT2D eigenvalue weighted by Gasteiger charge is 2.23. The lowest BCUT2D eigenvalue weighted by Crippen LogP contribution is -2.49. The molecule has 8 nitrogen and oxygen atoms in total. The number of carbonyl (C=O) groups excluding carboxylic acids is 1. The van der Waals surface area contributed by atoms with E-state index in [0.29, 0.717) is 38.6 Å². The molecule has 2 aromatic rings. The Labute approximate surface area is 153 Å². The van der Waals surface area contributed by atoms with Gasteiger partial charge >= 0.3 is 6.09 Å². The molecular formula is C16H17F3N6O2. The molecule has 0 aliphatic carbocycles. The maximum Gasteiger partial charge on any atom is 0.409 e. The van der Waals surface area contributed by atoms with Gasteiger partial charge in [0.25, 0.3) is 0 Å². The Morgan fingerprint density at radius 3 is 2.63 bits per heavy atom. The van der Waals surface area contributed by atoms with Crippen LogP contribution in [0.5, 0.6) is 0 Å². The lowest BCUT2D eigenvalue weighted by Gasteiger charge is -2.34. The van der Waals surface area contributed by atoms with E-state index < -0.39 is 17.5 Å². The average molecular weight is 382 g/mol. The SMILES string of the molecule is CCOC(=O)N1CCN(c2cnnc(Nc3ccc(F)c(F)c3F)n2)CC1. The Kier molecular flexibility index (Phi) is 5.57. The van der Waals surface area contributed by atoms with Crippen LogP contribution in [0.4, 0.5) is 35.4 Å². The van der Waals surface area contributed by atoms with Crippen LogP contribution in [0.25, 0.3) is 0 Å². The number of anilines is 3. The van der Waals surface area contributed by atoms with E-state index in [1.165, 1.54) is 6.20 Å². The van der Waals surface area contributed by atoms with Crippen molar-refractivity contribution in [2.75, 3.05) is 43.0 Å². The third kappa shape index (κ3) is 4.18. The minimum atomic E-state index is -1.58. The fourth-order valence-electron chi connectivity index (χ4n) is 2.58. The minimum Gasteiger partial charge on any atom is -0.450 e. The van der Waals surface area contributed by atoms with Crippen molar-refractivity contribution < 1.29 is 22.7 Å². The Morgan fingerprint density at radius 2 is 1.93 bits per heavy atom. The molecule has 0 unspecified atom stereocenters. The number of amides is 1. The second kappa shape index (κ2) is 8.06. The zero-order valence-corrected chi connectivity index (χ0v) is 14.5. The summed E-state index contributed by atoms with van der Waals surface area (Å²) < 4.78 is 45.1. The van der Waals surface area contributed by atoms with Crippen LogP contribution in [-0.4, -0.2) is 59.0 Å². The second-order valence-electron chi connectivity index (χ2n) is 5.66. The van der Waals surface area contributed by atoms with Crippen molar-refractivity contribution in [1.82, 2.24) is 20.1 Å². The summed E-state index contributed by atoms with van der Waals surface area (Å²) in [5.41, 5.74) is -0.306. The van der Waals surface area contributed by atoms with E-state index in [1.807, 2.05) is 4.90 Å². The fraction of sp³-hybridized carbons (Fsp3) is 0.375. The zero-order chi connectivity index (χ0) is 19.4. The van der Waals surface area contributed by atoms with E-state index in [4.69, 9.17) is 4.74 Å². The standard InChI is InChI=1S/C16H17F3N6O2/c1-2-27-16(26)25-7-5-24(6-8-25)12-9-20-23-15(22-12)21-11-4-3-10(17)13(18)14(11)19/h3-4,9H,2,5-8H2,1H3,(H,21,22,23). The molecule has 1 aromatic carbocycles. The Bertz CT molecular complexity index is 830. The van der Waals surface area contributed by atoms with E-state index in [9.17, 15) is 18.0 Å². The fourth-order valence-corrected chi connectivity index (χ4v) is 2.58. The van der Waals surface area contributed by atoms with Gasteiger partial charge in [0.2, 0.25) is 5.95 Å². The summed E-state index contributed by atoms with van der Waals surface area (Å²) in [7, 11) is 0. The number of nitrogens with one attached hydrogen (secondary N) is 1. The first-order valence-electron chi connectivity index (χ1n) is 8.26. The van der Waals surface area contributed by atoms with Crippen molar-refractivity contribution in [3.8, 4) is 0 Å². The predicted octanol–water partition coefficient (Wildman–Crippen LogP) is 2.31. The van der Waals surface area contributed by atoms with E-state index in [0.717, 1.165) is 12.1 Å². The number of rotatable bonds is 4. The van der Waals surface area contributed by atoms with Crippen molar-refractivity contribution >= 4 is 23.5 Å². The van der Waals surface area contributed by atoms with Crippen LogP contribution < -0.4 is 10.2 Å². The molecule has 0 atom stereocenters. The zero-order valence-electron chi connectivity index (χ0n) is 14.5. The predicted molar refractivity (Wildman–Crippen MR) is 90.2 cm³/mol. The molecule has 1 N–H and O–H groups in total. The number of aromatic nitrogens is 3. The molecule has 1 aliphatic heterocycles. The van der Waals surface area contributed by atoms with Gasteiger partial charge in [0.05, 0.1) is 18.5 Å². The van der Waals surface area contributed by atoms with Crippen LogP contribution in [0.3, 0.4) is 0 Å². The molecule has 11 heteroatoms. The molecule has 1 aromatic heterocycles. The molecule has 2 heterocycles. The smallest absolute Gasteiger partial charge is 0.409 e. The quantitative estimate of drug-likeness (QED) is 0.813. The van der Waals surface area contributed by atoms with Crippen LogP contribution in [-0.2, 0) is 4.74 Å². The maximum absolute atomic E-state index is 13.8. The van der Waals surface area contributed by atoms with Crippen molar-refractivity contribution in [2.24, 2.45) is 0 Å². The van der Waals surface area contributed by atoms with Crippen LogP contribution >= 0.6 is 0 Å². The molecule has 0 spiro atoms. The first-order valence-corrected chi connectivity index (χ1v) is 8.26. The van der Waals surface area contributed by atoms with Gasteiger partial charge in [-0.25, -0.2) is 18.0 Å². The number of piperazine rings is 1. The van der Waals surface area contributed by atoms with Gasteiger partial charge in [0.1, 0.15) is 0 Å². The van der Waals surface area contributed by atoms with Crippen LogP contribution in [0, 0.1) is 17.5 Å². The number of hydrogen-bond acceptors (Lipinski definition) is 7. The third-order valence-electron chi connectivity index (χ3n) is 3.96. The van der Waals surface area contributed by atoms with E-state index in [-0.39, 0.29) is 17.7 Å². The summed E-state index contributed by atoms with van der Waals surface area (Å²) in [6, 6.07) is 1.84. The summed E-state index contributed by atoms with van der Waals surface area (Å²) in [5, 5.41) is 10.0. The summed E-state index contributed by atoms with van der Waals surface area (Å²) in [5.74, 6) is -3.85. The van der Waals surface area contributed by atoms with Gasteiger partial charge in [0.15, 0.2) is 23.3 Å². The third-order valence-corrected chi connectivity index (χ3v) is 3.96. The molecule has 144 valence electrons. The Hall–Kier alpha value is -3.11. The number of hydrogen-bond donors (Lipinski definition) is 1. The molecule has 1 aliphatic rings. The van der Waals surface area contributed by atoms with E-state index >= 15 is 0 Å². The van der Waals surface area contributed by atoms with Gasteiger partial charge in [-0.05, 0) is 19.1 Å². The van der Waals surface area contributed by atoms with Gasteiger partial charge in [-0.15, -0.1) is 5.10 Å². The summed E-state index contributed by atoms with van der Waals surface area (Å²) in [4.78, 5) is 19.4. The lowest BCUT2D eigenvalue weighted by molar-refractivity contribution is 0.105. The van der Waals surface area contributed by atoms with Gasteiger partial charge in [-0.3, -0.25) is 0 Å². The highest BCUT2D eigenvalue weighted by Crippen LogP contribution is 2.23. The molecule has 0 radical (unpaired) electrons. The number of nitrogens with zero attached hydrogens (tertiary/aromatic N) is 5. The number of halogens is 3. The highest BCUT2D eigenvalue weighted by molar-refractivity contribution is 5.68. The monoisotopic (exact) mass is 382 g/mol. The molecule has 1 saturated heterocycles. The van der Waals surface area contributed by atoms with Gasteiger partial charge in [-0.1, -0.05) is 0 Å². The Balaban J connectivity index is 1.68. The topological polar surface area (TPSA) is 83.5 Å². The Morgan fingerprint density at radius 1 is 1.19 bits per heavy atom. The molecule has 27 heavy (non-hydrogen) atoms. The highest BCUT2D eigenvalue weighted by atomic mass is 19.2. The molecule has 0 bridgehead atoms. The summed E-state index contributed by atoms with van der Waals surface area (Å²) in [6.07, 6.45) is 1.06. The number of carbonyl (C=O) groups is 1. The first kappa shape index (κ1) is 18.7. The van der Waals surface area contributed by atoms with Crippen molar-refractivity contribution in [3.63, 3.8) is 0 Å². The van der Waals surface area contributed by atoms with Crippen molar-refractivity contribution in [3.05, 3.63) is 35.8 Å². The molecule has 1 amide bonds. The number of benzene rings is 1. The molecule has 0 saturated carbocycles. The average Bonchev–Trinajstić information content (AvgIpc) is 2.69. The minimum absolute atomic E-state index is 0.0646. The van der Waals surface area contributed by atoms with Gasteiger partial charge in [-0.2, -0.15) is 10.1 Å². The second-order valence-corrected chi connectivity index (χ2v) is 5.66. The summed E-state index contributed by atoms with van der Waals surface area (Å²) in [6.45, 7) is 3.94. The van der Waals surface area contributed by atoms with E-state index in [2.05, 4.69) is 20.5 Å². The first-order chi connectivity index (χ1) is 13.0. The van der Waals surface area contributed by atoms with Crippen LogP contribution in [0.1, 0.15) is 6.92 Å². The maximum atomic E-state index is 13.8. The van der Waals surface area contributed by atoms with Crippen LogP contribution in [0.2, 0.25) is 0 Å². The molecule has 1 fully saturated rings. The van der Waals surface area contributed by atoms with Crippen molar-refractivity contribution in [1.29, 1.82) is 0 Å². The van der Waals surface area contributed by atoms with Gasteiger partial charge < -0.3 is 19.9 Å². The van der Waals surface area contributed by atoms with Gasteiger partial charge in [0, 0.05) is 26.2 Å². The van der Waals surface area contributed by atoms with Crippen LogP contribution in [0.15, 0.2) is 18.3 Å². The molecule has 3 rings (SSSR count). The van der Waals surface area contributed by atoms with E-state index in [1.54, 1.807) is 11.8 Å². The summed E-state index contributed by atoms with van der Waals surface area (Å²) >= 11 is 0. The largest absolute Gasteiger partial charge is 0.450 e. The number of ether oxygens (including phenoxy) is 1. The molecular weight excluding hydrogens is 365 g/mol. The normalized spacial score (nSPS) is 14.2.